The van der Waals surface area contributed by atoms with Crippen molar-refractivity contribution < 1.29 is 49.7 Å². The van der Waals surface area contributed by atoms with E-state index in [1.165, 1.54) is 22.9 Å². The number of rotatable bonds is 16. The fourth-order valence-electron chi connectivity index (χ4n) is 9.71. The minimum atomic E-state index is -5.50. The molecule has 3 aliphatic carbocycles. The molecule has 51 heavy (non-hydrogen) atoms. The molecule has 0 amide bonds. The smallest absolute Gasteiger partial charge is 0.453 e. The van der Waals surface area contributed by atoms with Gasteiger partial charge in [-0.1, -0.05) is 25.8 Å². The first-order chi connectivity index (χ1) is 24.0. The Bertz CT molecular complexity index is 1270. The van der Waals surface area contributed by atoms with Crippen LogP contribution in [-0.4, -0.2) is 78.4 Å². The zero-order chi connectivity index (χ0) is 37.1. The van der Waals surface area contributed by atoms with Crippen LogP contribution in [0, 0.1) is 23.2 Å². The minimum absolute atomic E-state index is 0.0703. The molecule has 1 unspecified atom stereocenters. The summed E-state index contributed by atoms with van der Waals surface area (Å²) in [7, 11) is 2.01. The van der Waals surface area contributed by atoms with Crippen LogP contribution in [-0.2, 0) is 11.2 Å². The summed E-state index contributed by atoms with van der Waals surface area (Å²) in [5.41, 5.74) is -1.44. The van der Waals surface area contributed by atoms with Gasteiger partial charge in [-0.2, -0.15) is 46.9 Å². The Labute approximate surface area is 301 Å². The Morgan fingerprint density at radius 1 is 0.922 bits per heavy atom. The predicted molar refractivity (Wildman–Crippen MR) is 183 cm³/mol. The second-order valence-corrected chi connectivity index (χ2v) is 17.0. The van der Waals surface area contributed by atoms with Crippen LogP contribution < -0.4 is 4.74 Å². The SMILES string of the molecule is CN(CCCCC[C@@H]1Cc2cc(OC3CCCCO3)ccc2[C@H]2CC[C@@]3(C)[C@@H](CC[C@@]3(O)C(F)(F)F)[C@H]12)CCCSCCCC(F)(F)C(F)(F)F. The molecule has 1 aliphatic heterocycles. The van der Waals surface area contributed by atoms with E-state index in [0.717, 1.165) is 76.6 Å². The number of alkyl halides is 8. The first-order valence-corrected chi connectivity index (χ1v) is 20.0. The van der Waals surface area contributed by atoms with Gasteiger partial charge in [-0.25, -0.2) is 0 Å². The maximum absolute atomic E-state index is 14.4. The van der Waals surface area contributed by atoms with Gasteiger partial charge < -0.3 is 19.5 Å². The third kappa shape index (κ3) is 9.15. The molecule has 7 atom stereocenters. The molecule has 1 aromatic carbocycles. The molecular weight excluding hydrogens is 702 g/mol. The van der Waals surface area contributed by atoms with Crippen molar-refractivity contribution in [1.29, 1.82) is 0 Å². The molecule has 4 aliphatic rings. The third-order valence-corrected chi connectivity index (χ3v) is 13.7. The van der Waals surface area contributed by atoms with Crippen LogP contribution in [0.1, 0.15) is 114 Å². The molecule has 0 spiro atoms. The molecular formula is C38H55F8NO3S. The number of hydrogen-bond acceptors (Lipinski definition) is 5. The number of halogens is 8. The molecule has 1 heterocycles. The lowest BCUT2D eigenvalue weighted by Crippen LogP contribution is -2.59. The molecule has 5 rings (SSSR count). The van der Waals surface area contributed by atoms with Crippen molar-refractivity contribution in [3.63, 3.8) is 0 Å². The van der Waals surface area contributed by atoms with Gasteiger partial charge in [-0.05, 0) is 149 Å². The van der Waals surface area contributed by atoms with Gasteiger partial charge >= 0.3 is 18.3 Å². The van der Waals surface area contributed by atoms with Crippen LogP contribution in [0.15, 0.2) is 18.2 Å². The fourth-order valence-corrected chi connectivity index (χ4v) is 10.6. The number of aliphatic hydroxyl groups is 1. The van der Waals surface area contributed by atoms with Gasteiger partial charge in [0.1, 0.15) is 5.75 Å². The van der Waals surface area contributed by atoms with E-state index in [1.54, 1.807) is 6.92 Å². The first kappa shape index (κ1) is 40.9. The molecule has 1 aromatic rings. The summed E-state index contributed by atoms with van der Waals surface area (Å²) < 4.78 is 118. The molecule has 3 fully saturated rings. The highest BCUT2D eigenvalue weighted by Crippen LogP contribution is 2.68. The van der Waals surface area contributed by atoms with Crippen molar-refractivity contribution in [3.8, 4) is 5.75 Å². The minimum Gasteiger partial charge on any atom is -0.465 e. The van der Waals surface area contributed by atoms with Crippen molar-refractivity contribution >= 4 is 11.8 Å². The highest BCUT2D eigenvalue weighted by atomic mass is 32.2. The number of ether oxygens (including phenoxy) is 2. The number of hydrogen-bond donors (Lipinski definition) is 1. The maximum atomic E-state index is 14.4. The lowest BCUT2D eigenvalue weighted by molar-refractivity contribution is -0.301. The highest BCUT2D eigenvalue weighted by Gasteiger charge is 2.72. The molecule has 292 valence electrons. The summed E-state index contributed by atoms with van der Waals surface area (Å²) in [6.45, 7) is 4.03. The lowest BCUT2D eigenvalue weighted by Gasteiger charge is -2.55. The molecule has 4 nitrogen and oxygen atoms in total. The van der Waals surface area contributed by atoms with Crippen LogP contribution in [0.5, 0.6) is 5.75 Å². The average Bonchev–Trinajstić information content (AvgIpc) is 3.35. The molecule has 0 radical (unpaired) electrons. The van der Waals surface area contributed by atoms with Gasteiger partial charge in [0.05, 0.1) is 6.61 Å². The molecule has 0 aromatic heterocycles. The maximum Gasteiger partial charge on any atom is 0.453 e. The van der Waals surface area contributed by atoms with E-state index in [-0.39, 0.29) is 48.6 Å². The number of nitrogens with zero attached hydrogens (tertiary/aromatic N) is 1. The van der Waals surface area contributed by atoms with E-state index in [9.17, 15) is 40.2 Å². The fraction of sp³-hybridized carbons (Fsp3) is 0.842. The van der Waals surface area contributed by atoms with E-state index in [2.05, 4.69) is 17.0 Å². The highest BCUT2D eigenvalue weighted by molar-refractivity contribution is 7.99. The number of unbranched alkanes of at least 4 members (excludes halogenated alkanes) is 2. The van der Waals surface area contributed by atoms with Gasteiger partial charge in [0.2, 0.25) is 0 Å². The van der Waals surface area contributed by atoms with E-state index in [1.807, 2.05) is 13.1 Å². The summed E-state index contributed by atoms with van der Waals surface area (Å²) in [5, 5.41) is 11.2. The Morgan fingerprint density at radius 3 is 2.37 bits per heavy atom. The molecule has 13 heteroatoms. The van der Waals surface area contributed by atoms with Crippen molar-refractivity contribution in [2.24, 2.45) is 23.2 Å². The average molecular weight is 758 g/mol. The Morgan fingerprint density at radius 2 is 1.67 bits per heavy atom. The zero-order valence-corrected chi connectivity index (χ0v) is 30.7. The van der Waals surface area contributed by atoms with Crippen LogP contribution in [0.3, 0.4) is 0 Å². The molecule has 1 N–H and O–H groups in total. The van der Waals surface area contributed by atoms with Crippen LogP contribution in [0.2, 0.25) is 0 Å². The van der Waals surface area contributed by atoms with Crippen molar-refractivity contribution in [3.05, 3.63) is 29.3 Å². The summed E-state index contributed by atoms with van der Waals surface area (Å²) in [5.74, 6) is -2.69. The number of benzene rings is 1. The van der Waals surface area contributed by atoms with Crippen molar-refractivity contribution in [2.45, 2.75) is 139 Å². The van der Waals surface area contributed by atoms with Crippen molar-refractivity contribution in [2.75, 3.05) is 38.2 Å². The molecule has 1 saturated heterocycles. The molecule has 0 bridgehead atoms. The standard InChI is InChI=1S/C38H55F8NO3S/c1-34-17-14-30-29-13-12-28(50-32-11-5-7-21-49-32)25-27(29)24-26(33(30)31(34)15-18-35(34,48)37(41,42)43)10-4-3-6-19-47(2)20-9-23-51-22-8-16-36(39,40)38(44,45)46/h12-13,25-26,30-33,48H,3-11,14-24H2,1-2H3/t26-,30-,31+,32?,33-,34+,35+/m1/s1. The van der Waals surface area contributed by atoms with Gasteiger partial charge in [0.15, 0.2) is 11.9 Å². The Hall–Kier alpha value is -1.31. The number of fused-ring (bicyclic) bond motifs is 5. The largest absolute Gasteiger partial charge is 0.465 e. The Balaban J connectivity index is 1.14. The van der Waals surface area contributed by atoms with Gasteiger partial charge in [-0.15, -0.1) is 0 Å². The van der Waals surface area contributed by atoms with E-state index in [4.69, 9.17) is 9.47 Å². The first-order valence-electron chi connectivity index (χ1n) is 18.9. The Kier molecular flexibility index (Phi) is 13.3. The zero-order valence-electron chi connectivity index (χ0n) is 29.9. The van der Waals surface area contributed by atoms with E-state index >= 15 is 0 Å². The summed E-state index contributed by atoms with van der Waals surface area (Å²) >= 11 is 1.40. The van der Waals surface area contributed by atoms with Gasteiger partial charge in [0, 0.05) is 18.3 Å². The summed E-state index contributed by atoms with van der Waals surface area (Å²) in [6.07, 6.45) is -2.38. The normalized spacial score (nSPS) is 31.3. The monoisotopic (exact) mass is 757 g/mol. The topological polar surface area (TPSA) is 41.9 Å². The second kappa shape index (κ2) is 16.6. The quantitative estimate of drug-likeness (QED) is 0.134. The van der Waals surface area contributed by atoms with E-state index < -0.39 is 35.7 Å². The van der Waals surface area contributed by atoms with Gasteiger partial charge in [-0.3, -0.25) is 0 Å². The predicted octanol–water partition coefficient (Wildman–Crippen LogP) is 10.6. The summed E-state index contributed by atoms with van der Waals surface area (Å²) in [6, 6.07) is 6.23. The van der Waals surface area contributed by atoms with Gasteiger partial charge in [0.25, 0.3) is 0 Å². The van der Waals surface area contributed by atoms with E-state index in [0.29, 0.717) is 31.6 Å². The summed E-state index contributed by atoms with van der Waals surface area (Å²) in [4.78, 5) is 2.20. The molecule has 2 saturated carbocycles. The van der Waals surface area contributed by atoms with Crippen LogP contribution >= 0.6 is 11.8 Å². The lowest BCUT2D eigenvalue weighted by atomic mass is 9.50. The third-order valence-electron chi connectivity index (χ3n) is 12.5. The van der Waals surface area contributed by atoms with Crippen molar-refractivity contribution in [1.82, 2.24) is 4.90 Å². The number of thioether (sulfide) groups is 1. The van der Waals surface area contributed by atoms with Crippen LogP contribution in [0.4, 0.5) is 35.1 Å². The van der Waals surface area contributed by atoms with Crippen LogP contribution in [0.25, 0.3) is 0 Å². The second-order valence-electron chi connectivity index (χ2n) is 15.8.